The zero-order valence-corrected chi connectivity index (χ0v) is 9.00. The predicted molar refractivity (Wildman–Crippen MR) is 66.1 cm³/mol. The van der Waals surface area contributed by atoms with Crippen LogP contribution in [-0.2, 0) is 6.42 Å². The third-order valence-electron chi connectivity index (χ3n) is 3.02. The molecular formula is C14H17N. The van der Waals surface area contributed by atoms with Crippen molar-refractivity contribution >= 4 is 5.69 Å². The molecule has 1 aromatic rings. The van der Waals surface area contributed by atoms with Crippen LogP contribution in [0.3, 0.4) is 0 Å². The molecule has 1 aliphatic rings. The summed E-state index contributed by atoms with van der Waals surface area (Å²) >= 11 is 0. The highest BCUT2D eigenvalue weighted by molar-refractivity contribution is 5.59. The Hall–Kier alpha value is -1.50. The molecule has 15 heavy (non-hydrogen) atoms. The molecule has 0 aromatic heterocycles. The highest BCUT2D eigenvalue weighted by Crippen LogP contribution is 2.36. The maximum absolute atomic E-state index is 3.84. The Balaban J connectivity index is 2.27. The number of anilines is 1. The number of benzene rings is 1. The molecule has 0 saturated carbocycles. The lowest BCUT2D eigenvalue weighted by Crippen LogP contribution is -2.34. The second kappa shape index (κ2) is 3.93. The molecule has 0 radical (unpaired) electrons. The summed E-state index contributed by atoms with van der Waals surface area (Å²) < 4.78 is 0. The fraction of sp³-hybridized carbons (Fsp3) is 0.286. The summed E-state index contributed by atoms with van der Waals surface area (Å²) in [6, 6.07) is 8.50. The van der Waals surface area contributed by atoms with Crippen molar-refractivity contribution in [2.45, 2.75) is 24.8 Å². The van der Waals surface area contributed by atoms with E-state index in [0.717, 1.165) is 19.3 Å². The van der Waals surface area contributed by atoms with Crippen LogP contribution in [0.4, 0.5) is 5.69 Å². The normalized spacial score (nSPS) is 16.5. The lowest BCUT2D eigenvalue weighted by Gasteiger charge is -2.27. The number of hydrogen-bond acceptors (Lipinski definition) is 1. The minimum atomic E-state index is 0.118. The largest absolute Gasteiger partial charge is 0.378 e. The van der Waals surface area contributed by atoms with Gasteiger partial charge < -0.3 is 5.32 Å². The van der Waals surface area contributed by atoms with Gasteiger partial charge in [-0.2, -0.15) is 0 Å². The van der Waals surface area contributed by atoms with E-state index >= 15 is 0 Å². The zero-order chi connectivity index (χ0) is 10.7. The van der Waals surface area contributed by atoms with Crippen LogP contribution in [0.5, 0.6) is 0 Å². The summed E-state index contributed by atoms with van der Waals surface area (Å²) in [5.74, 6) is 0. The zero-order valence-electron chi connectivity index (χ0n) is 9.00. The van der Waals surface area contributed by atoms with Gasteiger partial charge in [0.25, 0.3) is 0 Å². The third kappa shape index (κ3) is 1.82. The molecule has 1 nitrogen and oxygen atoms in total. The van der Waals surface area contributed by atoms with Crippen LogP contribution in [-0.4, -0.2) is 5.54 Å². The highest BCUT2D eigenvalue weighted by Gasteiger charge is 2.33. The van der Waals surface area contributed by atoms with Crippen molar-refractivity contribution in [2.75, 3.05) is 5.32 Å². The first-order valence-electron chi connectivity index (χ1n) is 5.37. The summed E-state index contributed by atoms with van der Waals surface area (Å²) in [6.07, 6.45) is 7.01. The third-order valence-corrected chi connectivity index (χ3v) is 3.02. The SMILES string of the molecule is C=CCC1(CC=C)Cc2ccccc2N1. The molecule has 0 amide bonds. The van der Waals surface area contributed by atoms with Crippen LogP contribution in [0, 0.1) is 0 Å². The van der Waals surface area contributed by atoms with Gasteiger partial charge in [-0.25, -0.2) is 0 Å². The smallest absolute Gasteiger partial charge is 0.0483 e. The molecule has 1 N–H and O–H groups in total. The second-order valence-electron chi connectivity index (χ2n) is 4.22. The molecule has 0 atom stereocenters. The van der Waals surface area contributed by atoms with Gasteiger partial charge in [-0.3, -0.25) is 0 Å². The van der Waals surface area contributed by atoms with E-state index in [4.69, 9.17) is 0 Å². The van der Waals surface area contributed by atoms with E-state index in [9.17, 15) is 0 Å². The Morgan fingerprint density at radius 1 is 1.20 bits per heavy atom. The molecular weight excluding hydrogens is 182 g/mol. The average Bonchev–Trinajstić information content (AvgIpc) is 2.56. The summed E-state index contributed by atoms with van der Waals surface area (Å²) in [5.41, 5.74) is 2.79. The predicted octanol–water partition coefficient (Wildman–Crippen LogP) is 3.55. The molecule has 1 aliphatic heterocycles. The van der Waals surface area contributed by atoms with Gasteiger partial charge in [-0.15, -0.1) is 13.2 Å². The second-order valence-corrected chi connectivity index (χ2v) is 4.22. The summed E-state index contributed by atoms with van der Waals surface area (Å²) in [4.78, 5) is 0. The van der Waals surface area contributed by atoms with Crippen molar-refractivity contribution < 1.29 is 0 Å². The summed E-state index contributed by atoms with van der Waals surface area (Å²) in [5, 5.41) is 3.61. The first-order valence-corrected chi connectivity index (χ1v) is 5.37. The minimum Gasteiger partial charge on any atom is -0.378 e. The first kappa shape index (κ1) is 10.0. The van der Waals surface area contributed by atoms with E-state index in [-0.39, 0.29) is 5.54 Å². The van der Waals surface area contributed by atoms with Crippen molar-refractivity contribution in [3.8, 4) is 0 Å². The number of fused-ring (bicyclic) bond motifs is 1. The van der Waals surface area contributed by atoms with Gasteiger partial charge in [0.15, 0.2) is 0 Å². The van der Waals surface area contributed by atoms with Crippen LogP contribution in [0.1, 0.15) is 18.4 Å². The number of para-hydroxylation sites is 1. The fourth-order valence-corrected chi connectivity index (χ4v) is 2.37. The average molecular weight is 199 g/mol. The standard InChI is InChI=1S/C14H17N/c1-3-9-14(10-4-2)11-12-7-5-6-8-13(12)15-14/h3-8,15H,1-2,9-11H2. The van der Waals surface area contributed by atoms with Gasteiger partial charge >= 0.3 is 0 Å². The maximum Gasteiger partial charge on any atom is 0.0483 e. The molecule has 0 saturated heterocycles. The van der Waals surface area contributed by atoms with E-state index < -0.39 is 0 Å². The lowest BCUT2D eigenvalue weighted by atomic mass is 9.88. The van der Waals surface area contributed by atoms with Crippen molar-refractivity contribution in [3.05, 3.63) is 55.1 Å². The molecule has 0 fully saturated rings. The number of rotatable bonds is 4. The van der Waals surface area contributed by atoms with E-state index in [0.29, 0.717) is 0 Å². The quantitative estimate of drug-likeness (QED) is 0.731. The van der Waals surface area contributed by atoms with Gasteiger partial charge in [-0.05, 0) is 30.9 Å². The molecule has 0 aliphatic carbocycles. The van der Waals surface area contributed by atoms with Crippen LogP contribution in [0.15, 0.2) is 49.6 Å². The molecule has 1 heteroatoms. The van der Waals surface area contributed by atoms with Gasteiger partial charge in [0, 0.05) is 11.2 Å². The number of hydrogen-bond donors (Lipinski definition) is 1. The van der Waals surface area contributed by atoms with E-state index in [1.807, 2.05) is 12.2 Å². The fourth-order valence-electron chi connectivity index (χ4n) is 2.37. The minimum absolute atomic E-state index is 0.118. The van der Waals surface area contributed by atoms with Gasteiger partial charge in [0.2, 0.25) is 0 Å². The Kier molecular flexibility index (Phi) is 2.63. The van der Waals surface area contributed by atoms with Crippen LogP contribution in [0.2, 0.25) is 0 Å². The Morgan fingerprint density at radius 2 is 1.87 bits per heavy atom. The maximum atomic E-state index is 3.84. The first-order chi connectivity index (χ1) is 7.29. The lowest BCUT2D eigenvalue weighted by molar-refractivity contribution is 0.496. The molecule has 0 bridgehead atoms. The molecule has 1 heterocycles. The molecule has 2 rings (SSSR count). The Morgan fingerprint density at radius 3 is 2.47 bits per heavy atom. The van der Waals surface area contributed by atoms with Crippen molar-refractivity contribution in [1.82, 2.24) is 0 Å². The van der Waals surface area contributed by atoms with E-state index in [2.05, 4.69) is 42.7 Å². The number of nitrogens with one attached hydrogen (secondary N) is 1. The van der Waals surface area contributed by atoms with Crippen molar-refractivity contribution in [1.29, 1.82) is 0 Å². The molecule has 78 valence electrons. The Labute approximate surface area is 91.5 Å². The monoisotopic (exact) mass is 199 g/mol. The summed E-state index contributed by atoms with van der Waals surface area (Å²) in [6.45, 7) is 7.68. The molecule has 1 aromatic carbocycles. The highest BCUT2D eigenvalue weighted by atomic mass is 15.0. The molecule has 0 spiro atoms. The van der Waals surface area contributed by atoms with Crippen LogP contribution >= 0.6 is 0 Å². The summed E-state index contributed by atoms with van der Waals surface area (Å²) in [7, 11) is 0. The van der Waals surface area contributed by atoms with Crippen molar-refractivity contribution in [2.24, 2.45) is 0 Å². The van der Waals surface area contributed by atoms with Crippen LogP contribution in [0.25, 0.3) is 0 Å². The van der Waals surface area contributed by atoms with Gasteiger partial charge in [-0.1, -0.05) is 30.4 Å². The Bertz CT molecular complexity index is 342. The topological polar surface area (TPSA) is 12.0 Å². The van der Waals surface area contributed by atoms with Gasteiger partial charge in [0.1, 0.15) is 0 Å². The van der Waals surface area contributed by atoms with Gasteiger partial charge in [0.05, 0.1) is 0 Å². The van der Waals surface area contributed by atoms with E-state index in [1.54, 1.807) is 0 Å². The van der Waals surface area contributed by atoms with Crippen molar-refractivity contribution in [3.63, 3.8) is 0 Å². The van der Waals surface area contributed by atoms with E-state index in [1.165, 1.54) is 11.3 Å². The molecule has 0 unspecified atom stereocenters. The van der Waals surface area contributed by atoms with Crippen LogP contribution < -0.4 is 5.32 Å².